The number of fused-ring (bicyclic) bond motifs is 1. The molecular weight excluding hydrogens is 304 g/mol. The van der Waals surface area contributed by atoms with Gasteiger partial charge >= 0.3 is 5.97 Å². The average molecular weight is 315 g/mol. The van der Waals surface area contributed by atoms with Crippen molar-refractivity contribution in [3.8, 4) is 0 Å². The number of para-hydroxylation sites is 1. The number of rotatable bonds is 2. The summed E-state index contributed by atoms with van der Waals surface area (Å²) in [6.45, 7) is 1.87. The summed E-state index contributed by atoms with van der Waals surface area (Å²) in [6.07, 6.45) is 0. The van der Waals surface area contributed by atoms with E-state index in [2.05, 4.69) is 5.10 Å². The zero-order chi connectivity index (χ0) is 15.9. The molecule has 5 nitrogen and oxygen atoms in total. The molecule has 1 aromatic heterocycles. The van der Waals surface area contributed by atoms with Crippen molar-refractivity contribution in [3.63, 3.8) is 0 Å². The maximum Gasteiger partial charge on any atom is 0.357 e. The van der Waals surface area contributed by atoms with Crippen LogP contribution in [0.15, 0.2) is 42.5 Å². The Morgan fingerprint density at radius 2 is 1.91 bits per heavy atom. The summed E-state index contributed by atoms with van der Waals surface area (Å²) >= 11 is 6.12. The lowest BCUT2D eigenvalue weighted by atomic mass is 10.1. The number of benzene rings is 2. The molecule has 0 aliphatic rings. The number of carboxylic acid groups (broad SMARTS) is 1. The second-order valence-corrected chi connectivity index (χ2v) is 5.28. The monoisotopic (exact) mass is 314 g/mol. The van der Waals surface area contributed by atoms with Gasteiger partial charge < -0.3 is 5.11 Å². The number of aryl methyl sites for hydroxylation is 1. The molecule has 0 amide bonds. The van der Waals surface area contributed by atoms with Gasteiger partial charge in [0.25, 0.3) is 5.91 Å². The number of carboxylic acids is 1. The van der Waals surface area contributed by atoms with Crippen molar-refractivity contribution in [1.29, 1.82) is 0 Å². The Morgan fingerprint density at radius 1 is 1.18 bits per heavy atom. The Morgan fingerprint density at radius 3 is 2.59 bits per heavy atom. The number of aromatic nitrogens is 2. The molecule has 3 rings (SSSR count). The SMILES string of the molecule is Cc1ccc(C(=O)n2nc(C(=O)O)c3ccccc32)c(Cl)c1. The van der Waals surface area contributed by atoms with Crippen LogP contribution in [0.3, 0.4) is 0 Å². The molecule has 6 heteroatoms. The van der Waals surface area contributed by atoms with Crippen LogP contribution in [0.1, 0.15) is 26.4 Å². The zero-order valence-electron chi connectivity index (χ0n) is 11.6. The van der Waals surface area contributed by atoms with E-state index >= 15 is 0 Å². The third-order valence-corrected chi connectivity index (χ3v) is 3.65. The van der Waals surface area contributed by atoms with Gasteiger partial charge in [-0.25, -0.2) is 4.79 Å². The minimum atomic E-state index is -1.18. The maximum atomic E-state index is 12.7. The quantitative estimate of drug-likeness (QED) is 0.787. The first-order valence-electron chi connectivity index (χ1n) is 6.51. The van der Waals surface area contributed by atoms with Crippen molar-refractivity contribution in [1.82, 2.24) is 9.78 Å². The highest BCUT2D eigenvalue weighted by molar-refractivity contribution is 6.34. The van der Waals surface area contributed by atoms with Crippen LogP contribution < -0.4 is 0 Å². The largest absolute Gasteiger partial charge is 0.476 e. The van der Waals surface area contributed by atoms with Crippen molar-refractivity contribution < 1.29 is 14.7 Å². The fourth-order valence-electron chi connectivity index (χ4n) is 2.29. The highest BCUT2D eigenvalue weighted by atomic mass is 35.5. The van der Waals surface area contributed by atoms with Crippen LogP contribution in [0.4, 0.5) is 0 Å². The van der Waals surface area contributed by atoms with Crippen LogP contribution in [0.5, 0.6) is 0 Å². The number of carbonyl (C=O) groups excluding carboxylic acids is 1. The van der Waals surface area contributed by atoms with Gasteiger partial charge in [0.2, 0.25) is 0 Å². The molecule has 0 aliphatic heterocycles. The minimum Gasteiger partial charge on any atom is -0.476 e. The zero-order valence-corrected chi connectivity index (χ0v) is 12.3. The second kappa shape index (κ2) is 5.27. The van der Waals surface area contributed by atoms with Gasteiger partial charge in [0.05, 0.1) is 16.1 Å². The number of hydrogen-bond donors (Lipinski definition) is 1. The standard InChI is InChI=1S/C16H11ClN2O3/c1-9-6-7-10(12(17)8-9)15(20)19-13-5-3-2-4-11(13)14(18-19)16(21)22/h2-8H,1H3,(H,21,22). The first-order valence-corrected chi connectivity index (χ1v) is 6.89. The Labute approximate surface area is 130 Å². The van der Waals surface area contributed by atoms with Gasteiger partial charge in [-0.15, -0.1) is 0 Å². The molecule has 3 aromatic rings. The van der Waals surface area contributed by atoms with E-state index in [4.69, 9.17) is 11.6 Å². The van der Waals surface area contributed by atoms with Crippen molar-refractivity contribution >= 4 is 34.4 Å². The second-order valence-electron chi connectivity index (χ2n) is 4.87. The molecule has 22 heavy (non-hydrogen) atoms. The average Bonchev–Trinajstić information content (AvgIpc) is 2.86. The summed E-state index contributed by atoms with van der Waals surface area (Å²) in [6, 6.07) is 11.7. The molecule has 110 valence electrons. The number of nitrogens with zero attached hydrogens (tertiary/aromatic N) is 2. The number of carbonyl (C=O) groups is 2. The Kier molecular flexibility index (Phi) is 3.42. The molecule has 0 atom stereocenters. The first kappa shape index (κ1) is 14.3. The van der Waals surface area contributed by atoms with E-state index in [0.29, 0.717) is 15.9 Å². The molecule has 0 radical (unpaired) electrons. The lowest BCUT2D eigenvalue weighted by Crippen LogP contribution is -2.15. The van der Waals surface area contributed by atoms with E-state index in [1.54, 1.807) is 42.5 Å². The molecule has 0 spiro atoms. The summed E-state index contributed by atoms with van der Waals surface area (Å²) in [7, 11) is 0. The van der Waals surface area contributed by atoms with Crippen LogP contribution in [-0.4, -0.2) is 26.8 Å². The lowest BCUT2D eigenvalue weighted by molar-refractivity contribution is 0.0691. The molecule has 1 N–H and O–H groups in total. The van der Waals surface area contributed by atoms with Gasteiger partial charge in [0.1, 0.15) is 0 Å². The van der Waals surface area contributed by atoms with Crippen LogP contribution in [0.2, 0.25) is 5.02 Å². The molecular formula is C16H11ClN2O3. The van der Waals surface area contributed by atoms with Gasteiger partial charge in [-0.1, -0.05) is 35.9 Å². The fraction of sp³-hybridized carbons (Fsp3) is 0.0625. The predicted octanol–water partition coefficient (Wildman–Crippen LogP) is 3.38. The van der Waals surface area contributed by atoms with E-state index in [0.717, 1.165) is 10.2 Å². The van der Waals surface area contributed by atoms with Gasteiger partial charge in [-0.05, 0) is 30.7 Å². The topological polar surface area (TPSA) is 72.2 Å². The van der Waals surface area contributed by atoms with Gasteiger partial charge in [-0.2, -0.15) is 9.78 Å². The van der Waals surface area contributed by atoms with E-state index in [-0.39, 0.29) is 11.3 Å². The van der Waals surface area contributed by atoms with Crippen LogP contribution >= 0.6 is 11.6 Å². The fourth-order valence-corrected chi connectivity index (χ4v) is 2.60. The Bertz CT molecular complexity index is 915. The highest BCUT2D eigenvalue weighted by Gasteiger charge is 2.21. The third kappa shape index (κ3) is 2.25. The van der Waals surface area contributed by atoms with E-state index in [9.17, 15) is 14.7 Å². The third-order valence-electron chi connectivity index (χ3n) is 3.34. The Balaban J connectivity index is 2.21. The molecule has 0 saturated carbocycles. The molecule has 0 saturated heterocycles. The normalized spacial score (nSPS) is 10.8. The molecule has 0 unspecified atom stereocenters. The number of aromatic carboxylic acids is 1. The Hall–Kier alpha value is -2.66. The van der Waals surface area contributed by atoms with Crippen molar-refractivity contribution in [2.75, 3.05) is 0 Å². The summed E-state index contributed by atoms with van der Waals surface area (Å²) in [5, 5.41) is 13.9. The van der Waals surface area contributed by atoms with Gasteiger partial charge in [0.15, 0.2) is 5.69 Å². The van der Waals surface area contributed by atoms with Crippen LogP contribution in [0, 0.1) is 6.92 Å². The smallest absolute Gasteiger partial charge is 0.357 e. The molecule has 0 bridgehead atoms. The van der Waals surface area contributed by atoms with Crippen molar-refractivity contribution in [2.45, 2.75) is 6.92 Å². The van der Waals surface area contributed by atoms with Crippen molar-refractivity contribution in [2.24, 2.45) is 0 Å². The van der Waals surface area contributed by atoms with E-state index in [1.807, 2.05) is 6.92 Å². The summed E-state index contributed by atoms with van der Waals surface area (Å²) in [5.74, 6) is -1.65. The van der Waals surface area contributed by atoms with Crippen molar-refractivity contribution in [3.05, 3.63) is 64.3 Å². The molecule has 0 aliphatic carbocycles. The number of hydrogen-bond acceptors (Lipinski definition) is 3. The summed E-state index contributed by atoms with van der Waals surface area (Å²) < 4.78 is 1.08. The van der Waals surface area contributed by atoms with Crippen LogP contribution in [-0.2, 0) is 0 Å². The molecule has 2 aromatic carbocycles. The van der Waals surface area contributed by atoms with E-state index in [1.165, 1.54) is 0 Å². The van der Waals surface area contributed by atoms with E-state index < -0.39 is 11.9 Å². The highest BCUT2D eigenvalue weighted by Crippen LogP contribution is 2.23. The molecule has 1 heterocycles. The lowest BCUT2D eigenvalue weighted by Gasteiger charge is -2.05. The van der Waals surface area contributed by atoms with Gasteiger partial charge in [-0.3, -0.25) is 4.79 Å². The predicted molar refractivity (Wildman–Crippen MR) is 82.6 cm³/mol. The summed E-state index contributed by atoms with van der Waals surface area (Å²) in [4.78, 5) is 23.9. The van der Waals surface area contributed by atoms with Crippen LogP contribution in [0.25, 0.3) is 10.9 Å². The first-order chi connectivity index (χ1) is 10.5. The maximum absolute atomic E-state index is 12.7. The number of halogens is 1. The molecule has 0 fully saturated rings. The van der Waals surface area contributed by atoms with Gasteiger partial charge in [0, 0.05) is 5.39 Å². The summed E-state index contributed by atoms with van der Waals surface area (Å²) in [5.41, 5.74) is 1.48. The minimum absolute atomic E-state index is 0.160.